The summed E-state index contributed by atoms with van der Waals surface area (Å²) in [6, 6.07) is 0.0336. The molecule has 1 aromatic rings. The number of ether oxygens (including phenoxy) is 1. The van der Waals surface area contributed by atoms with Crippen LogP contribution in [0, 0.1) is 17.8 Å². The standard InChI is InChI=1S/C19H28N4O3/c1-12(2)17-8-13-6-15(7-14(13)11-26-17)23(10-18(24)20-3)19(25)16-9-21-4-5-22-16/h4-5,9,12-15,17H,6-8,10-11H2,1-3H3,(H,20,24)/t13-,14+,15-,17-/m0/s1. The Bertz CT molecular complexity index is 637. The summed E-state index contributed by atoms with van der Waals surface area (Å²) >= 11 is 0. The normalized spacial score (nSPS) is 27.8. The Morgan fingerprint density at radius 2 is 2.04 bits per heavy atom. The van der Waals surface area contributed by atoms with Crippen LogP contribution in [0.15, 0.2) is 18.6 Å². The van der Waals surface area contributed by atoms with Gasteiger partial charge in [-0.1, -0.05) is 13.8 Å². The molecule has 1 aliphatic carbocycles. The van der Waals surface area contributed by atoms with Crippen LogP contribution in [0.5, 0.6) is 0 Å². The summed E-state index contributed by atoms with van der Waals surface area (Å²) in [5.74, 6) is 1.10. The Morgan fingerprint density at radius 3 is 2.69 bits per heavy atom. The molecule has 3 rings (SSSR count). The molecule has 0 aromatic carbocycles. The summed E-state index contributed by atoms with van der Waals surface area (Å²) in [7, 11) is 1.59. The maximum absolute atomic E-state index is 13.0. The fourth-order valence-electron chi connectivity index (χ4n) is 4.16. The SMILES string of the molecule is CNC(=O)CN(C(=O)c1cnccn1)[C@@H]1C[C@@H]2CO[C@H](C(C)C)C[C@@H]2C1. The summed E-state index contributed by atoms with van der Waals surface area (Å²) in [4.78, 5) is 34.8. The van der Waals surface area contributed by atoms with Gasteiger partial charge in [-0.2, -0.15) is 0 Å². The number of carbonyl (C=O) groups excluding carboxylic acids is 2. The van der Waals surface area contributed by atoms with E-state index in [9.17, 15) is 9.59 Å². The van der Waals surface area contributed by atoms with Crippen LogP contribution in [0.4, 0.5) is 0 Å². The highest BCUT2D eigenvalue weighted by Gasteiger charge is 2.43. The Labute approximate surface area is 154 Å². The number of fused-ring (bicyclic) bond motifs is 1. The lowest BCUT2D eigenvalue weighted by atomic mass is 9.85. The highest BCUT2D eigenvalue weighted by atomic mass is 16.5. The van der Waals surface area contributed by atoms with Crippen LogP contribution in [0.3, 0.4) is 0 Å². The summed E-state index contributed by atoms with van der Waals surface area (Å²) in [5.41, 5.74) is 0.280. The summed E-state index contributed by atoms with van der Waals surface area (Å²) in [5, 5.41) is 2.62. The van der Waals surface area contributed by atoms with Gasteiger partial charge in [-0.05, 0) is 37.0 Å². The molecule has 2 fully saturated rings. The number of aromatic nitrogens is 2. The van der Waals surface area contributed by atoms with Gasteiger partial charge in [0.25, 0.3) is 5.91 Å². The van der Waals surface area contributed by atoms with Gasteiger partial charge in [0.15, 0.2) is 0 Å². The average molecular weight is 360 g/mol. The molecule has 1 aromatic heterocycles. The summed E-state index contributed by atoms with van der Waals surface area (Å²) in [6.07, 6.45) is 7.61. The minimum Gasteiger partial charge on any atom is -0.378 e. The number of carbonyl (C=O) groups is 2. The molecular weight excluding hydrogens is 332 g/mol. The van der Waals surface area contributed by atoms with E-state index >= 15 is 0 Å². The molecule has 142 valence electrons. The van der Waals surface area contributed by atoms with Crippen molar-refractivity contribution in [1.82, 2.24) is 20.2 Å². The molecule has 1 saturated carbocycles. The van der Waals surface area contributed by atoms with Gasteiger partial charge in [-0.15, -0.1) is 0 Å². The fourth-order valence-corrected chi connectivity index (χ4v) is 4.16. The topological polar surface area (TPSA) is 84.4 Å². The third kappa shape index (κ3) is 4.03. The lowest BCUT2D eigenvalue weighted by molar-refractivity contribution is -0.121. The zero-order valence-corrected chi connectivity index (χ0v) is 15.7. The minimum atomic E-state index is -0.230. The molecule has 1 aliphatic heterocycles. The van der Waals surface area contributed by atoms with E-state index in [2.05, 4.69) is 29.1 Å². The van der Waals surface area contributed by atoms with E-state index in [1.54, 1.807) is 11.9 Å². The second kappa shape index (κ2) is 8.12. The number of hydrogen-bond acceptors (Lipinski definition) is 5. The third-order valence-corrected chi connectivity index (χ3v) is 5.70. The van der Waals surface area contributed by atoms with Crippen LogP contribution in [-0.4, -0.2) is 59.0 Å². The van der Waals surface area contributed by atoms with Crippen molar-refractivity contribution in [2.45, 2.75) is 45.3 Å². The molecule has 2 aliphatic rings. The minimum absolute atomic E-state index is 0.0336. The molecule has 26 heavy (non-hydrogen) atoms. The molecule has 2 amide bonds. The van der Waals surface area contributed by atoms with Gasteiger partial charge in [-0.25, -0.2) is 4.98 Å². The first-order chi connectivity index (χ1) is 12.5. The molecule has 7 heteroatoms. The molecular formula is C19H28N4O3. The summed E-state index contributed by atoms with van der Waals surface area (Å²) < 4.78 is 6.02. The van der Waals surface area contributed by atoms with Crippen molar-refractivity contribution in [3.05, 3.63) is 24.3 Å². The van der Waals surface area contributed by atoms with Gasteiger partial charge < -0.3 is 15.0 Å². The van der Waals surface area contributed by atoms with E-state index in [4.69, 9.17) is 4.74 Å². The van der Waals surface area contributed by atoms with Crippen molar-refractivity contribution >= 4 is 11.8 Å². The maximum Gasteiger partial charge on any atom is 0.274 e. The molecule has 0 unspecified atom stereocenters. The van der Waals surface area contributed by atoms with Crippen molar-refractivity contribution in [3.63, 3.8) is 0 Å². The van der Waals surface area contributed by atoms with Crippen molar-refractivity contribution in [2.75, 3.05) is 20.2 Å². The van der Waals surface area contributed by atoms with Gasteiger partial charge in [0.2, 0.25) is 5.91 Å². The predicted octanol–water partition coefficient (Wildman–Crippen LogP) is 1.50. The van der Waals surface area contributed by atoms with E-state index in [-0.39, 0.29) is 36.2 Å². The predicted molar refractivity (Wildman–Crippen MR) is 96.3 cm³/mol. The molecule has 4 atom stereocenters. The van der Waals surface area contributed by atoms with Crippen molar-refractivity contribution in [1.29, 1.82) is 0 Å². The molecule has 2 heterocycles. The zero-order valence-electron chi connectivity index (χ0n) is 15.7. The number of likely N-dealkylation sites (N-methyl/N-ethyl adjacent to an activating group) is 1. The number of nitrogens with zero attached hydrogens (tertiary/aromatic N) is 3. The van der Waals surface area contributed by atoms with Gasteiger partial charge in [0.1, 0.15) is 12.2 Å². The van der Waals surface area contributed by atoms with Crippen LogP contribution in [0.1, 0.15) is 43.6 Å². The second-order valence-electron chi connectivity index (χ2n) is 7.69. The lowest BCUT2D eigenvalue weighted by Gasteiger charge is -2.34. The zero-order chi connectivity index (χ0) is 18.7. The highest BCUT2D eigenvalue weighted by Crippen LogP contribution is 2.42. The Hall–Kier alpha value is -2.02. The quantitative estimate of drug-likeness (QED) is 0.860. The maximum atomic E-state index is 13.0. The molecule has 0 spiro atoms. The first-order valence-electron chi connectivity index (χ1n) is 9.38. The Morgan fingerprint density at radius 1 is 1.27 bits per heavy atom. The largest absolute Gasteiger partial charge is 0.378 e. The van der Waals surface area contributed by atoms with Gasteiger partial charge in [-0.3, -0.25) is 14.6 Å². The molecule has 0 radical (unpaired) electrons. The van der Waals surface area contributed by atoms with E-state index in [1.807, 2.05) is 0 Å². The van der Waals surface area contributed by atoms with Crippen LogP contribution >= 0.6 is 0 Å². The van der Waals surface area contributed by atoms with Crippen molar-refractivity contribution in [2.24, 2.45) is 17.8 Å². The van der Waals surface area contributed by atoms with Crippen molar-refractivity contribution < 1.29 is 14.3 Å². The van der Waals surface area contributed by atoms with Crippen molar-refractivity contribution in [3.8, 4) is 0 Å². The van der Waals surface area contributed by atoms with Gasteiger partial charge in [0.05, 0.1) is 18.9 Å². The molecule has 1 N–H and O–H groups in total. The van der Waals surface area contributed by atoms with E-state index < -0.39 is 0 Å². The average Bonchev–Trinajstić information content (AvgIpc) is 3.08. The Balaban J connectivity index is 1.75. The van der Waals surface area contributed by atoms with Gasteiger partial charge >= 0.3 is 0 Å². The first-order valence-corrected chi connectivity index (χ1v) is 9.38. The lowest BCUT2D eigenvalue weighted by Crippen LogP contribution is -2.45. The molecule has 7 nitrogen and oxygen atoms in total. The number of amides is 2. The van der Waals surface area contributed by atoms with E-state index in [0.29, 0.717) is 17.8 Å². The highest BCUT2D eigenvalue weighted by molar-refractivity contribution is 5.94. The monoisotopic (exact) mass is 360 g/mol. The Kier molecular flexibility index (Phi) is 5.86. The van der Waals surface area contributed by atoms with E-state index in [1.165, 1.54) is 18.6 Å². The number of hydrogen-bond donors (Lipinski definition) is 1. The number of rotatable bonds is 5. The van der Waals surface area contributed by atoms with Crippen LogP contribution in [0.25, 0.3) is 0 Å². The summed E-state index contributed by atoms with van der Waals surface area (Å²) in [6.45, 7) is 5.17. The van der Waals surface area contributed by atoms with Gasteiger partial charge in [0, 0.05) is 25.5 Å². The number of nitrogens with one attached hydrogen (secondary N) is 1. The third-order valence-electron chi connectivity index (χ3n) is 5.70. The fraction of sp³-hybridized carbons (Fsp3) is 0.684. The first kappa shape index (κ1) is 18.8. The van der Waals surface area contributed by atoms with Crippen LogP contribution in [-0.2, 0) is 9.53 Å². The van der Waals surface area contributed by atoms with Crippen LogP contribution in [0.2, 0.25) is 0 Å². The smallest absolute Gasteiger partial charge is 0.274 e. The second-order valence-corrected chi connectivity index (χ2v) is 7.69. The molecule has 0 bridgehead atoms. The molecule has 1 saturated heterocycles. The van der Waals surface area contributed by atoms with E-state index in [0.717, 1.165) is 25.9 Å². The van der Waals surface area contributed by atoms with Crippen LogP contribution < -0.4 is 5.32 Å².